The standard InChI is InChI=1S/C8H13Cl2NO2/c1-8(2)3-4-13-5-11(8)7(12)6(9)10/h6H,3-5H2,1-2H3. The molecule has 3 nitrogen and oxygen atoms in total. The monoisotopic (exact) mass is 225 g/mol. The summed E-state index contributed by atoms with van der Waals surface area (Å²) in [6, 6.07) is 0. The lowest BCUT2D eigenvalue weighted by Gasteiger charge is -2.42. The molecule has 0 bridgehead atoms. The average molecular weight is 226 g/mol. The third-order valence-corrected chi connectivity index (χ3v) is 2.64. The molecule has 0 aromatic carbocycles. The molecule has 1 heterocycles. The van der Waals surface area contributed by atoms with Crippen LogP contribution in [0, 0.1) is 0 Å². The number of amides is 1. The number of ether oxygens (including phenoxy) is 1. The Bertz CT molecular complexity index is 206. The fourth-order valence-electron chi connectivity index (χ4n) is 1.27. The molecule has 0 aromatic heterocycles. The van der Waals surface area contributed by atoms with Gasteiger partial charge in [-0.1, -0.05) is 23.2 Å². The van der Waals surface area contributed by atoms with Gasteiger partial charge in [-0.15, -0.1) is 0 Å². The van der Waals surface area contributed by atoms with E-state index in [1.807, 2.05) is 13.8 Å². The molecule has 0 spiro atoms. The summed E-state index contributed by atoms with van der Waals surface area (Å²) in [5.74, 6) is -0.284. The van der Waals surface area contributed by atoms with Crippen LogP contribution in [-0.4, -0.2) is 34.5 Å². The van der Waals surface area contributed by atoms with Crippen LogP contribution in [-0.2, 0) is 9.53 Å². The van der Waals surface area contributed by atoms with Crippen molar-refractivity contribution in [3.63, 3.8) is 0 Å². The first kappa shape index (κ1) is 11.1. The molecule has 1 rings (SSSR count). The lowest BCUT2D eigenvalue weighted by atomic mass is 9.98. The summed E-state index contributed by atoms with van der Waals surface area (Å²) >= 11 is 11.0. The van der Waals surface area contributed by atoms with E-state index in [9.17, 15) is 4.79 Å². The summed E-state index contributed by atoms with van der Waals surface area (Å²) in [5.41, 5.74) is -0.211. The molecule has 0 N–H and O–H groups in total. The Morgan fingerprint density at radius 2 is 2.15 bits per heavy atom. The van der Waals surface area contributed by atoms with Crippen molar-refractivity contribution in [3.05, 3.63) is 0 Å². The van der Waals surface area contributed by atoms with Gasteiger partial charge in [0, 0.05) is 5.54 Å². The topological polar surface area (TPSA) is 29.5 Å². The average Bonchev–Trinajstić information content (AvgIpc) is 2.02. The van der Waals surface area contributed by atoms with Crippen LogP contribution in [0.4, 0.5) is 0 Å². The molecule has 5 heteroatoms. The smallest absolute Gasteiger partial charge is 0.258 e. The number of alkyl halides is 2. The number of carbonyl (C=O) groups excluding carboxylic acids is 1. The Kier molecular flexibility index (Phi) is 3.44. The van der Waals surface area contributed by atoms with E-state index >= 15 is 0 Å². The zero-order chi connectivity index (χ0) is 10.1. The maximum Gasteiger partial charge on any atom is 0.258 e. The third kappa shape index (κ3) is 2.48. The summed E-state index contributed by atoms with van der Waals surface area (Å²) in [6.07, 6.45) is 0.805. The lowest BCUT2D eigenvalue weighted by molar-refractivity contribution is -0.151. The normalized spacial score (nSPS) is 22.1. The number of nitrogens with zero attached hydrogens (tertiary/aromatic N) is 1. The van der Waals surface area contributed by atoms with Gasteiger partial charge in [0.05, 0.1) is 6.61 Å². The molecule has 1 aliphatic rings. The van der Waals surface area contributed by atoms with Crippen molar-refractivity contribution in [2.75, 3.05) is 13.3 Å². The van der Waals surface area contributed by atoms with Crippen LogP contribution in [0.3, 0.4) is 0 Å². The van der Waals surface area contributed by atoms with Crippen LogP contribution in [0.15, 0.2) is 0 Å². The van der Waals surface area contributed by atoms with E-state index in [4.69, 9.17) is 27.9 Å². The zero-order valence-corrected chi connectivity index (χ0v) is 9.23. The van der Waals surface area contributed by atoms with Crippen molar-refractivity contribution < 1.29 is 9.53 Å². The van der Waals surface area contributed by atoms with Gasteiger partial charge in [-0.25, -0.2) is 0 Å². The Balaban J connectivity index is 2.71. The van der Waals surface area contributed by atoms with Crippen molar-refractivity contribution in [2.45, 2.75) is 30.6 Å². The molecular weight excluding hydrogens is 213 g/mol. The summed E-state index contributed by atoms with van der Waals surface area (Å²) in [4.78, 5) is 12.1. The number of hydrogen-bond donors (Lipinski definition) is 0. The van der Waals surface area contributed by atoms with Crippen LogP contribution < -0.4 is 0 Å². The molecule has 0 atom stereocenters. The van der Waals surface area contributed by atoms with Crippen molar-refractivity contribution in [3.8, 4) is 0 Å². The molecular formula is C8H13Cl2NO2. The minimum absolute atomic E-state index is 0.211. The van der Waals surface area contributed by atoms with Crippen molar-refractivity contribution in [2.24, 2.45) is 0 Å². The molecule has 76 valence electrons. The maximum absolute atomic E-state index is 11.5. The quantitative estimate of drug-likeness (QED) is 0.638. The highest BCUT2D eigenvalue weighted by atomic mass is 35.5. The highest BCUT2D eigenvalue weighted by Crippen LogP contribution is 2.25. The first-order chi connectivity index (χ1) is 5.95. The van der Waals surface area contributed by atoms with E-state index in [-0.39, 0.29) is 18.2 Å². The van der Waals surface area contributed by atoms with E-state index < -0.39 is 4.84 Å². The first-order valence-corrected chi connectivity index (χ1v) is 5.00. The van der Waals surface area contributed by atoms with E-state index in [1.165, 1.54) is 0 Å². The lowest BCUT2D eigenvalue weighted by Crippen LogP contribution is -2.54. The van der Waals surface area contributed by atoms with Gasteiger partial charge in [0.1, 0.15) is 6.73 Å². The summed E-state index contributed by atoms with van der Waals surface area (Å²) in [6.45, 7) is 4.90. The Morgan fingerprint density at radius 1 is 1.54 bits per heavy atom. The predicted octanol–water partition coefficient (Wildman–Crippen LogP) is 1.78. The predicted molar refractivity (Wildman–Crippen MR) is 51.9 cm³/mol. The van der Waals surface area contributed by atoms with E-state index in [1.54, 1.807) is 4.90 Å². The Morgan fingerprint density at radius 3 is 2.62 bits per heavy atom. The molecule has 1 amide bonds. The van der Waals surface area contributed by atoms with Gasteiger partial charge in [-0.2, -0.15) is 0 Å². The minimum Gasteiger partial charge on any atom is -0.361 e. The van der Waals surface area contributed by atoms with E-state index in [2.05, 4.69) is 0 Å². The highest BCUT2D eigenvalue weighted by Gasteiger charge is 2.35. The molecule has 0 radical (unpaired) electrons. The first-order valence-electron chi connectivity index (χ1n) is 4.12. The van der Waals surface area contributed by atoms with Crippen LogP contribution in [0.2, 0.25) is 0 Å². The number of carbonyl (C=O) groups is 1. The SMILES string of the molecule is CC1(C)CCOCN1C(=O)C(Cl)Cl. The minimum atomic E-state index is -0.999. The molecule has 1 fully saturated rings. The van der Waals surface area contributed by atoms with Crippen molar-refractivity contribution in [1.29, 1.82) is 0 Å². The fourth-order valence-corrected chi connectivity index (χ4v) is 1.50. The van der Waals surface area contributed by atoms with Crippen LogP contribution in [0.5, 0.6) is 0 Å². The second-order valence-electron chi connectivity index (χ2n) is 3.67. The number of halogens is 2. The molecule has 1 saturated heterocycles. The van der Waals surface area contributed by atoms with Crippen LogP contribution in [0.25, 0.3) is 0 Å². The number of hydrogen-bond acceptors (Lipinski definition) is 2. The molecule has 0 saturated carbocycles. The zero-order valence-electron chi connectivity index (χ0n) is 7.72. The van der Waals surface area contributed by atoms with Gasteiger partial charge in [-0.3, -0.25) is 4.79 Å². The van der Waals surface area contributed by atoms with Gasteiger partial charge in [0.25, 0.3) is 5.91 Å². The molecule has 13 heavy (non-hydrogen) atoms. The maximum atomic E-state index is 11.5. The fraction of sp³-hybridized carbons (Fsp3) is 0.875. The summed E-state index contributed by atoms with van der Waals surface area (Å²) in [7, 11) is 0. The van der Waals surface area contributed by atoms with Crippen LogP contribution in [0.1, 0.15) is 20.3 Å². The van der Waals surface area contributed by atoms with E-state index in [0.717, 1.165) is 6.42 Å². The summed E-state index contributed by atoms with van der Waals surface area (Å²) < 4.78 is 5.18. The molecule has 1 aliphatic heterocycles. The third-order valence-electron chi connectivity index (χ3n) is 2.26. The highest BCUT2D eigenvalue weighted by molar-refractivity contribution is 6.53. The van der Waals surface area contributed by atoms with Gasteiger partial charge in [0.15, 0.2) is 4.84 Å². The molecule has 0 aromatic rings. The second kappa shape index (κ2) is 4.03. The van der Waals surface area contributed by atoms with Gasteiger partial charge < -0.3 is 9.64 Å². The summed E-state index contributed by atoms with van der Waals surface area (Å²) in [5, 5.41) is 0. The van der Waals surface area contributed by atoms with Gasteiger partial charge >= 0.3 is 0 Å². The number of rotatable bonds is 1. The van der Waals surface area contributed by atoms with Crippen molar-refractivity contribution in [1.82, 2.24) is 4.90 Å². The van der Waals surface area contributed by atoms with Crippen LogP contribution >= 0.6 is 23.2 Å². The molecule has 0 aliphatic carbocycles. The van der Waals surface area contributed by atoms with E-state index in [0.29, 0.717) is 6.61 Å². The second-order valence-corrected chi connectivity index (χ2v) is 4.76. The van der Waals surface area contributed by atoms with Crippen molar-refractivity contribution >= 4 is 29.1 Å². The van der Waals surface area contributed by atoms with Gasteiger partial charge in [-0.05, 0) is 20.3 Å². The Hall–Kier alpha value is 0.01000. The van der Waals surface area contributed by atoms with Gasteiger partial charge in [0.2, 0.25) is 0 Å². The molecule has 0 unspecified atom stereocenters. The largest absolute Gasteiger partial charge is 0.361 e. The Labute approximate surface area is 87.9 Å².